The molecule has 1 heterocycles. The molecule has 142 valence electrons. The van der Waals surface area contributed by atoms with E-state index in [1.54, 1.807) is 18.4 Å². The number of nitrogens with zero attached hydrogens (tertiary/aromatic N) is 1. The Morgan fingerprint density at radius 3 is 2.57 bits per heavy atom. The van der Waals surface area contributed by atoms with Gasteiger partial charge in [0.05, 0.1) is 0 Å². The first kappa shape index (κ1) is 18.7. The van der Waals surface area contributed by atoms with E-state index in [9.17, 15) is 0 Å². The van der Waals surface area contributed by atoms with Crippen LogP contribution in [0, 0.1) is 6.92 Å². The standard InChI is InChI=1S/C24H23NO2S/c1-17-21(24(2,26-3)23-25-13-14-28-23)9-6-10-22(17)27-16-18-11-12-19-7-4-5-8-20(19)15-18/h4-15H,16H2,1-3H3. The second-order valence-electron chi connectivity index (χ2n) is 6.97. The molecule has 0 spiro atoms. The molecule has 0 bridgehead atoms. The van der Waals surface area contributed by atoms with E-state index in [1.165, 1.54) is 10.8 Å². The van der Waals surface area contributed by atoms with Crippen LogP contribution in [0.5, 0.6) is 5.75 Å². The fourth-order valence-electron chi connectivity index (χ4n) is 3.55. The van der Waals surface area contributed by atoms with Gasteiger partial charge in [0.25, 0.3) is 0 Å². The van der Waals surface area contributed by atoms with Gasteiger partial charge in [-0.15, -0.1) is 11.3 Å². The second kappa shape index (κ2) is 7.74. The van der Waals surface area contributed by atoms with Crippen molar-refractivity contribution >= 4 is 22.1 Å². The van der Waals surface area contributed by atoms with Gasteiger partial charge >= 0.3 is 0 Å². The molecule has 1 aromatic heterocycles. The Morgan fingerprint density at radius 2 is 1.82 bits per heavy atom. The van der Waals surface area contributed by atoms with Crippen LogP contribution in [0.3, 0.4) is 0 Å². The number of aromatic nitrogens is 1. The van der Waals surface area contributed by atoms with Gasteiger partial charge in [-0.2, -0.15) is 0 Å². The van der Waals surface area contributed by atoms with E-state index in [1.807, 2.05) is 23.7 Å². The van der Waals surface area contributed by atoms with E-state index in [4.69, 9.17) is 9.47 Å². The predicted molar refractivity (Wildman–Crippen MR) is 115 cm³/mol. The molecule has 0 saturated heterocycles. The molecule has 0 fully saturated rings. The fraction of sp³-hybridized carbons (Fsp3) is 0.208. The van der Waals surface area contributed by atoms with E-state index in [0.29, 0.717) is 6.61 Å². The molecule has 0 radical (unpaired) electrons. The molecule has 0 aliphatic rings. The Morgan fingerprint density at radius 1 is 1.00 bits per heavy atom. The topological polar surface area (TPSA) is 31.4 Å². The molecule has 1 unspecified atom stereocenters. The first-order chi connectivity index (χ1) is 13.6. The molecule has 0 amide bonds. The number of ether oxygens (including phenoxy) is 2. The number of benzene rings is 3. The van der Waals surface area contributed by atoms with Crippen molar-refractivity contribution in [1.82, 2.24) is 4.98 Å². The van der Waals surface area contributed by atoms with Crippen LogP contribution < -0.4 is 4.74 Å². The Balaban J connectivity index is 1.61. The zero-order valence-electron chi connectivity index (χ0n) is 16.3. The maximum Gasteiger partial charge on any atom is 0.142 e. The van der Waals surface area contributed by atoms with Crippen molar-refractivity contribution in [2.24, 2.45) is 0 Å². The van der Waals surface area contributed by atoms with Gasteiger partial charge in [-0.25, -0.2) is 4.98 Å². The van der Waals surface area contributed by atoms with Crippen LogP contribution in [0.1, 0.15) is 28.6 Å². The summed E-state index contributed by atoms with van der Waals surface area (Å²) in [6, 6.07) is 20.9. The molecule has 28 heavy (non-hydrogen) atoms. The molecule has 4 heteroatoms. The van der Waals surface area contributed by atoms with Gasteiger partial charge in [0, 0.05) is 18.7 Å². The van der Waals surface area contributed by atoms with Crippen LogP contribution >= 0.6 is 11.3 Å². The normalized spacial score (nSPS) is 13.4. The zero-order valence-corrected chi connectivity index (χ0v) is 17.1. The average molecular weight is 390 g/mol. The third-order valence-electron chi connectivity index (χ3n) is 5.25. The highest BCUT2D eigenvalue weighted by Gasteiger charge is 2.33. The van der Waals surface area contributed by atoms with E-state index < -0.39 is 5.60 Å². The van der Waals surface area contributed by atoms with Crippen LogP contribution in [0.2, 0.25) is 0 Å². The van der Waals surface area contributed by atoms with Crippen LogP contribution in [0.4, 0.5) is 0 Å². The Kier molecular flexibility index (Phi) is 5.16. The van der Waals surface area contributed by atoms with E-state index >= 15 is 0 Å². The molecule has 3 nitrogen and oxygen atoms in total. The van der Waals surface area contributed by atoms with Crippen LogP contribution in [0.25, 0.3) is 10.8 Å². The summed E-state index contributed by atoms with van der Waals surface area (Å²) in [5, 5.41) is 5.38. The average Bonchev–Trinajstić information content (AvgIpc) is 3.28. The summed E-state index contributed by atoms with van der Waals surface area (Å²) in [6.45, 7) is 4.66. The number of methoxy groups -OCH3 is 1. The van der Waals surface area contributed by atoms with Crippen molar-refractivity contribution in [3.05, 3.63) is 93.9 Å². The minimum absolute atomic E-state index is 0.524. The summed E-state index contributed by atoms with van der Waals surface area (Å²) in [5.74, 6) is 0.866. The predicted octanol–water partition coefficient (Wildman–Crippen LogP) is 6.09. The first-order valence-electron chi connectivity index (χ1n) is 9.27. The van der Waals surface area contributed by atoms with Gasteiger partial charge < -0.3 is 9.47 Å². The lowest BCUT2D eigenvalue weighted by atomic mass is 9.91. The second-order valence-corrected chi connectivity index (χ2v) is 7.87. The third kappa shape index (κ3) is 3.41. The molecule has 0 N–H and O–H groups in total. The van der Waals surface area contributed by atoms with E-state index in [-0.39, 0.29) is 0 Å². The third-order valence-corrected chi connectivity index (χ3v) is 6.23. The fourth-order valence-corrected chi connectivity index (χ4v) is 4.34. The largest absolute Gasteiger partial charge is 0.489 e. The SMILES string of the molecule is COC(C)(c1nccs1)c1cccc(OCc2ccc3ccccc3c2)c1C. The Labute approximate surface area is 169 Å². The number of thiazole rings is 1. The van der Waals surface area contributed by atoms with Gasteiger partial charge in [0.1, 0.15) is 23.0 Å². The lowest BCUT2D eigenvalue weighted by Crippen LogP contribution is -2.27. The maximum absolute atomic E-state index is 6.20. The summed E-state index contributed by atoms with van der Waals surface area (Å²) >= 11 is 1.60. The molecule has 4 rings (SSSR count). The summed E-state index contributed by atoms with van der Waals surface area (Å²) in [4.78, 5) is 4.48. The Hall–Kier alpha value is -2.69. The van der Waals surface area contributed by atoms with E-state index in [2.05, 4.69) is 67.4 Å². The summed E-state index contributed by atoms with van der Waals surface area (Å²) in [7, 11) is 1.73. The van der Waals surface area contributed by atoms with Gasteiger partial charge in [-0.05, 0) is 53.4 Å². The molecule has 3 aromatic carbocycles. The minimum Gasteiger partial charge on any atom is -0.489 e. The summed E-state index contributed by atoms with van der Waals surface area (Å²) < 4.78 is 12.1. The quantitative estimate of drug-likeness (QED) is 0.400. The van der Waals surface area contributed by atoms with Crippen molar-refractivity contribution in [1.29, 1.82) is 0 Å². The van der Waals surface area contributed by atoms with Crippen molar-refractivity contribution < 1.29 is 9.47 Å². The summed E-state index contributed by atoms with van der Waals surface area (Å²) in [6.07, 6.45) is 1.81. The van der Waals surface area contributed by atoms with Gasteiger partial charge in [-0.1, -0.05) is 48.5 Å². The molecule has 4 aromatic rings. The minimum atomic E-state index is -0.597. The molecule has 0 saturated carbocycles. The van der Waals surface area contributed by atoms with Crippen LogP contribution in [-0.2, 0) is 16.9 Å². The highest BCUT2D eigenvalue weighted by molar-refractivity contribution is 7.09. The summed E-state index contributed by atoms with van der Waals surface area (Å²) in [5.41, 5.74) is 2.70. The number of hydrogen-bond acceptors (Lipinski definition) is 4. The Bertz CT molecular complexity index is 1090. The molecular weight excluding hydrogens is 366 g/mol. The smallest absolute Gasteiger partial charge is 0.142 e. The van der Waals surface area contributed by atoms with Crippen molar-refractivity contribution in [3.63, 3.8) is 0 Å². The van der Waals surface area contributed by atoms with Crippen molar-refractivity contribution in [2.45, 2.75) is 26.1 Å². The number of rotatable bonds is 6. The number of hydrogen-bond donors (Lipinski definition) is 0. The highest BCUT2D eigenvalue weighted by Crippen LogP contribution is 2.38. The van der Waals surface area contributed by atoms with Crippen LogP contribution in [-0.4, -0.2) is 12.1 Å². The molecule has 0 aliphatic carbocycles. The first-order valence-corrected chi connectivity index (χ1v) is 10.2. The lowest BCUT2D eigenvalue weighted by Gasteiger charge is -2.29. The monoisotopic (exact) mass is 389 g/mol. The van der Waals surface area contributed by atoms with Gasteiger partial charge in [-0.3, -0.25) is 0 Å². The maximum atomic E-state index is 6.20. The number of fused-ring (bicyclic) bond motifs is 1. The molecular formula is C24H23NO2S. The molecule has 1 atom stereocenters. The lowest BCUT2D eigenvalue weighted by molar-refractivity contribution is 0.0381. The van der Waals surface area contributed by atoms with Crippen molar-refractivity contribution in [2.75, 3.05) is 7.11 Å². The van der Waals surface area contributed by atoms with Crippen molar-refractivity contribution in [3.8, 4) is 5.75 Å². The molecule has 0 aliphatic heterocycles. The zero-order chi connectivity index (χ0) is 19.6. The van der Waals surface area contributed by atoms with Crippen LogP contribution in [0.15, 0.2) is 72.2 Å². The van der Waals surface area contributed by atoms with Gasteiger partial charge in [0.2, 0.25) is 0 Å². The highest BCUT2D eigenvalue weighted by atomic mass is 32.1. The van der Waals surface area contributed by atoms with E-state index in [0.717, 1.165) is 27.4 Å². The van der Waals surface area contributed by atoms with Gasteiger partial charge in [0.15, 0.2) is 0 Å².